The Morgan fingerprint density at radius 3 is 2.53 bits per heavy atom. The Kier molecular flexibility index (Phi) is 2.10. The van der Waals surface area contributed by atoms with Crippen LogP contribution in [-0.2, 0) is 4.74 Å². The largest absolute Gasteiger partial charge is 0.453 e. The van der Waals surface area contributed by atoms with Crippen LogP contribution in [0, 0.1) is 12.3 Å². The molecule has 0 saturated carbocycles. The molecule has 2 nitrogen and oxygen atoms in total. The number of ether oxygens (including phenoxy) is 1. The average Bonchev–Trinajstić information content (AvgIpc) is 2.42. The maximum Gasteiger partial charge on any atom is 0.339 e. The third-order valence-corrected chi connectivity index (χ3v) is 2.72. The molecule has 2 rings (SSSR count). The zero-order chi connectivity index (χ0) is 11.2. The number of hydrogen-bond donors (Lipinski definition) is 0. The summed E-state index contributed by atoms with van der Waals surface area (Å²) in [5.41, 5.74) is 2.88. The lowest BCUT2D eigenvalue weighted by Crippen LogP contribution is -2.18. The van der Waals surface area contributed by atoms with Crippen LogP contribution in [0.25, 0.3) is 0 Å². The maximum absolute atomic E-state index is 11.6. The molecule has 0 saturated heterocycles. The van der Waals surface area contributed by atoms with Gasteiger partial charge in [-0.3, -0.25) is 0 Å². The minimum atomic E-state index is -0.190. The summed E-state index contributed by atoms with van der Waals surface area (Å²) in [4.78, 5) is 11.6. The molecule has 1 atom stereocenters. The van der Waals surface area contributed by atoms with Gasteiger partial charge in [0.1, 0.15) is 6.10 Å². The molecule has 2 heteroatoms. The standard InChI is InChI=1S/C13H16O2/c1-8-5-6-9-10(7-8)11(13(2,3)4)15-12(9)14/h5-7,11H,1-4H3. The lowest BCUT2D eigenvalue weighted by molar-refractivity contribution is 0.00777. The first-order valence-corrected chi connectivity index (χ1v) is 5.21. The van der Waals surface area contributed by atoms with Crippen LogP contribution in [0.4, 0.5) is 0 Å². The van der Waals surface area contributed by atoms with Crippen LogP contribution < -0.4 is 0 Å². The van der Waals surface area contributed by atoms with Gasteiger partial charge in [-0.1, -0.05) is 38.5 Å². The second-order valence-corrected chi connectivity index (χ2v) is 5.24. The van der Waals surface area contributed by atoms with Crippen LogP contribution in [-0.4, -0.2) is 5.97 Å². The zero-order valence-electron chi connectivity index (χ0n) is 9.63. The predicted molar refractivity (Wildman–Crippen MR) is 58.8 cm³/mol. The number of esters is 1. The van der Waals surface area contributed by atoms with Gasteiger partial charge in [-0.25, -0.2) is 4.79 Å². The molecule has 1 heterocycles. The lowest BCUT2D eigenvalue weighted by Gasteiger charge is -2.26. The van der Waals surface area contributed by atoms with Crippen LogP contribution in [0.15, 0.2) is 18.2 Å². The normalized spacial score (nSPS) is 20.0. The van der Waals surface area contributed by atoms with Crippen molar-refractivity contribution in [3.8, 4) is 0 Å². The van der Waals surface area contributed by atoms with E-state index in [0.29, 0.717) is 0 Å². The second kappa shape index (κ2) is 3.09. The fourth-order valence-electron chi connectivity index (χ4n) is 1.96. The van der Waals surface area contributed by atoms with Crippen molar-refractivity contribution in [1.29, 1.82) is 0 Å². The van der Waals surface area contributed by atoms with E-state index >= 15 is 0 Å². The number of aryl methyl sites for hydroxylation is 1. The molecule has 0 N–H and O–H groups in total. The van der Waals surface area contributed by atoms with E-state index in [1.54, 1.807) is 0 Å². The molecule has 15 heavy (non-hydrogen) atoms. The third-order valence-electron chi connectivity index (χ3n) is 2.72. The molecule has 0 radical (unpaired) electrons. The molecular weight excluding hydrogens is 188 g/mol. The molecular formula is C13H16O2. The molecule has 0 amide bonds. The zero-order valence-corrected chi connectivity index (χ0v) is 9.63. The summed E-state index contributed by atoms with van der Waals surface area (Å²) in [6.45, 7) is 8.29. The van der Waals surface area contributed by atoms with Crippen LogP contribution in [0.3, 0.4) is 0 Å². The van der Waals surface area contributed by atoms with Crippen LogP contribution in [0.2, 0.25) is 0 Å². The lowest BCUT2D eigenvalue weighted by atomic mass is 9.84. The molecule has 0 fully saturated rings. The fourth-order valence-corrected chi connectivity index (χ4v) is 1.96. The van der Waals surface area contributed by atoms with Crippen LogP contribution >= 0.6 is 0 Å². The Bertz CT molecular complexity index is 413. The van der Waals surface area contributed by atoms with Gasteiger partial charge in [0, 0.05) is 11.0 Å². The first-order valence-electron chi connectivity index (χ1n) is 5.21. The van der Waals surface area contributed by atoms with Crippen molar-refractivity contribution >= 4 is 5.97 Å². The van der Waals surface area contributed by atoms with Gasteiger partial charge < -0.3 is 4.74 Å². The van der Waals surface area contributed by atoms with E-state index in [-0.39, 0.29) is 17.5 Å². The van der Waals surface area contributed by atoms with Crippen molar-refractivity contribution in [2.45, 2.75) is 33.8 Å². The van der Waals surface area contributed by atoms with Crippen molar-refractivity contribution < 1.29 is 9.53 Å². The van der Waals surface area contributed by atoms with Crippen molar-refractivity contribution in [2.75, 3.05) is 0 Å². The summed E-state index contributed by atoms with van der Waals surface area (Å²) < 4.78 is 5.41. The van der Waals surface area contributed by atoms with E-state index < -0.39 is 0 Å². The number of cyclic esters (lactones) is 1. The van der Waals surface area contributed by atoms with Gasteiger partial charge in [0.05, 0.1) is 5.56 Å². The second-order valence-electron chi connectivity index (χ2n) is 5.24. The van der Waals surface area contributed by atoms with Crippen molar-refractivity contribution in [2.24, 2.45) is 5.41 Å². The third kappa shape index (κ3) is 1.65. The van der Waals surface area contributed by atoms with Gasteiger partial charge in [0.2, 0.25) is 0 Å². The average molecular weight is 204 g/mol. The maximum atomic E-state index is 11.6. The first-order chi connectivity index (χ1) is 6.89. The number of carbonyl (C=O) groups excluding carboxylic acids is 1. The monoisotopic (exact) mass is 204 g/mol. The van der Waals surface area contributed by atoms with E-state index in [4.69, 9.17) is 4.74 Å². The van der Waals surface area contributed by atoms with E-state index in [2.05, 4.69) is 26.8 Å². The number of hydrogen-bond acceptors (Lipinski definition) is 2. The van der Waals surface area contributed by atoms with Crippen LogP contribution in [0.1, 0.15) is 48.4 Å². The highest BCUT2D eigenvalue weighted by Gasteiger charge is 2.38. The van der Waals surface area contributed by atoms with Gasteiger partial charge >= 0.3 is 5.97 Å². The quantitative estimate of drug-likeness (QED) is 0.606. The summed E-state index contributed by atoms with van der Waals surface area (Å²) in [5.74, 6) is -0.190. The predicted octanol–water partition coefficient (Wildman–Crippen LogP) is 3.25. The van der Waals surface area contributed by atoms with Gasteiger partial charge in [-0.15, -0.1) is 0 Å². The summed E-state index contributed by atoms with van der Waals surface area (Å²) in [6, 6.07) is 5.86. The van der Waals surface area contributed by atoms with E-state index in [1.165, 1.54) is 5.56 Å². The molecule has 1 aliphatic rings. The highest BCUT2D eigenvalue weighted by Crippen LogP contribution is 2.42. The Balaban J connectivity index is 2.53. The topological polar surface area (TPSA) is 26.3 Å². The molecule has 1 aromatic carbocycles. The molecule has 1 unspecified atom stereocenters. The van der Waals surface area contributed by atoms with Crippen molar-refractivity contribution in [1.82, 2.24) is 0 Å². The van der Waals surface area contributed by atoms with Gasteiger partial charge in [0.15, 0.2) is 0 Å². The smallest absolute Gasteiger partial charge is 0.339 e. The minimum absolute atomic E-state index is 0.0469. The van der Waals surface area contributed by atoms with Crippen molar-refractivity contribution in [3.05, 3.63) is 34.9 Å². The number of fused-ring (bicyclic) bond motifs is 1. The molecule has 0 spiro atoms. The summed E-state index contributed by atoms with van der Waals surface area (Å²) in [5, 5.41) is 0. The van der Waals surface area contributed by atoms with E-state index in [9.17, 15) is 4.79 Å². The molecule has 0 bridgehead atoms. The van der Waals surface area contributed by atoms with Gasteiger partial charge in [-0.2, -0.15) is 0 Å². The Hall–Kier alpha value is -1.31. The van der Waals surface area contributed by atoms with Crippen molar-refractivity contribution in [3.63, 3.8) is 0 Å². The highest BCUT2D eigenvalue weighted by molar-refractivity contribution is 5.94. The minimum Gasteiger partial charge on any atom is -0.453 e. The van der Waals surface area contributed by atoms with E-state index in [0.717, 1.165) is 11.1 Å². The Labute approximate surface area is 90.3 Å². The Morgan fingerprint density at radius 2 is 1.93 bits per heavy atom. The summed E-state index contributed by atoms with van der Waals surface area (Å²) in [6.07, 6.45) is -0.111. The number of carbonyl (C=O) groups is 1. The highest BCUT2D eigenvalue weighted by atomic mass is 16.5. The van der Waals surface area contributed by atoms with E-state index in [1.807, 2.05) is 19.1 Å². The molecule has 0 aliphatic carbocycles. The Morgan fingerprint density at radius 1 is 1.27 bits per heavy atom. The van der Waals surface area contributed by atoms with Gasteiger partial charge in [0.25, 0.3) is 0 Å². The molecule has 80 valence electrons. The summed E-state index contributed by atoms with van der Waals surface area (Å²) >= 11 is 0. The first kappa shape index (κ1) is 10.2. The molecule has 1 aliphatic heterocycles. The molecule has 0 aromatic heterocycles. The number of benzene rings is 1. The van der Waals surface area contributed by atoms with Crippen LogP contribution in [0.5, 0.6) is 0 Å². The fraction of sp³-hybridized carbons (Fsp3) is 0.462. The molecule has 1 aromatic rings. The SMILES string of the molecule is Cc1ccc2c(c1)C(C(C)(C)C)OC2=O. The number of rotatable bonds is 0. The van der Waals surface area contributed by atoms with Gasteiger partial charge in [-0.05, 0) is 13.0 Å². The summed E-state index contributed by atoms with van der Waals surface area (Å²) in [7, 11) is 0.